The maximum Gasteiger partial charge on any atom is 0.328 e. The summed E-state index contributed by atoms with van der Waals surface area (Å²) in [7, 11) is 0. The van der Waals surface area contributed by atoms with Crippen LogP contribution in [0.3, 0.4) is 0 Å². The number of thiocarbonyl (C=S) groups is 1. The van der Waals surface area contributed by atoms with Crippen molar-refractivity contribution in [2.45, 2.75) is 13.8 Å². The lowest BCUT2D eigenvalue weighted by atomic mass is 10.1. The highest BCUT2D eigenvalue weighted by Crippen LogP contribution is 2.16. The minimum atomic E-state index is -0.796. The molecule has 0 aliphatic carbocycles. The van der Waals surface area contributed by atoms with Gasteiger partial charge in [-0.3, -0.25) is 14.8 Å². The van der Waals surface area contributed by atoms with Crippen LogP contribution >= 0.6 is 12.2 Å². The number of aliphatic imine (C=N–C) groups is 1. The second-order valence-electron chi connectivity index (χ2n) is 4.68. The van der Waals surface area contributed by atoms with Gasteiger partial charge in [0.15, 0.2) is 5.11 Å². The van der Waals surface area contributed by atoms with Crippen LogP contribution in [0.2, 0.25) is 0 Å². The first kappa shape index (κ1) is 15.6. The number of H-pyrrole nitrogens is 2. The van der Waals surface area contributed by atoms with E-state index in [0.717, 1.165) is 23.0 Å². The first-order chi connectivity index (χ1) is 10.4. The van der Waals surface area contributed by atoms with Crippen LogP contribution in [0.5, 0.6) is 5.88 Å². The van der Waals surface area contributed by atoms with Crippen molar-refractivity contribution < 1.29 is 5.11 Å². The summed E-state index contributed by atoms with van der Waals surface area (Å²) in [5.41, 5.74) is 1.20. The summed E-state index contributed by atoms with van der Waals surface area (Å²) in [6, 6.07) is 5.80. The molecule has 114 valence electrons. The molecule has 0 saturated heterocycles. The van der Waals surface area contributed by atoms with Gasteiger partial charge in [-0.25, -0.2) is 9.79 Å². The first-order valence-electron chi connectivity index (χ1n) is 6.34. The Balaban J connectivity index is 2.19. The summed E-state index contributed by atoms with van der Waals surface area (Å²) < 4.78 is 0. The molecule has 0 bridgehead atoms. The van der Waals surface area contributed by atoms with Crippen LogP contribution < -0.4 is 16.6 Å². The van der Waals surface area contributed by atoms with Crippen LogP contribution in [-0.2, 0) is 0 Å². The van der Waals surface area contributed by atoms with Crippen molar-refractivity contribution in [3.8, 4) is 5.88 Å². The molecule has 0 fully saturated rings. The summed E-state index contributed by atoms with van der Waals surface area (Å²) >= 11 is 5.07. The van der Waals surface area contributed by atoms with Gasteiger partial charge in [-0.1, -0.05) is 17.7 Å². The van der Waals surface area contributed by atoms with Gasteiger partial charge in [0.2, 0.25) is 5.88 Å². The van der Waals surface area contributed by atoms with Gasteiger partial charge in [0.1, 0.15) is 5.56 Å². The molecular weight excluding hydrogens is 304 g/mol. The first-order valence-corrected chi connectivity index (χ1v) is 6.75. The molecule has 0 atom stereocenters. The Morgan fingerprint density at radius 2 is 2.05 bits per heavy atom. The fourth-order valence-electron chi connectivity index (χ4n) is 1.83. The fraction of sp³-hybridized carbons (Fsp3) is 0.143. The van der Waals surface area contributed by atoms with Crippen molar-refractivity contribution in [1.82, 2.24) is 9.97 Å². The topological polar surface area (TPSA) is 110 Å². The number of aromatic amines is 2. The van der Waals surface area contributed by atoms with Crippen molar-refractivity contribution in [1.29, 1.82) is 0 Å². The highest BCUT2D eigenvalue weighted by Gasteiger charge is 2.06. The summed E-state index contributed by atoms with van der Waals surface area (Å²) in [6.45, 7) is 3.92. The van der Waals surface area contributed by atoms with Gasteiger partial charge in [0.05, 0.1) is 0 Å². The Morgan fingerprint density at radius 1 is 1.32 bits per heavy atom. The number of nitrogens with zero attached hydrogens (tertiary/aromatic N) is 1. The summed E-state index contributed by atoms with van der Waals surface area (Å²) in [5.74, 6) is -0.563. The number of aromatic hydroxyl groups is 1. The SMILES string of the molecule is Cc1ccc(NC(=S)N=Cc2c(O)[nH]c(=O)[nH]c2=O)c(C)c1. The zero-order valence-electron chi connectivity index (χ0n) is 11.9. The van der Waals surface area contributed by atoms with Gasteiger partial charge in [0.25, 0.3) is 5.56 Å². The average Bonchev–Trinajstić information content (AvgIpc) is 2.40. The van der Waals surface area contributed by atoms with Crippen LogP contribution in [-0.4, -0.2) is 26.4 Å². The van der Waals surface area contributed by atoms with Gasteiger partial charge in [-0.15, -0.1) is 0 Å². The molecule has 2 rings (SSSR count). The monoisotopic (exact) mass is 318 g/mol. The van der Waals surface area contributed by atoms with E-state index in [1.165, 1.54) is 0 Å². The van der Waals surface area contributed by atoms with E-state index >= 15 is 0 Å². The lowest BCUT2D eigenvalue weighted by molar-refractivity contribution is 0.447. The predicted molar refractivity (Wildman–Crippen MR) is 89.1 cm³/mol. The van der Waals surface area contributed by atoms with E-state index in [0.29, 0.717) is 0 Å². The predicted octanol–water partition coefficient (Wildman–Crippen LogP) is 1.20. The van der Waals surface area contributed by atoms with Gasteiger partial charge < -0.3 is 10.4 Å². The highest BCUT2D eigenvalue weighted by atomic mass is 32.1. The lowest BCUT2D eigenvalue weighted by Gasteiger charge is -2.08. The van der Waals surface area contributed by atoms with E-state index < -0.39 is 17.1 Å². The smallest absolute Gasteiger partial charge is 0.328 e. The van der Waals surface area contributed by atoms with E-state index in [4.69, 9.17) is 12.2 Å². The summed E-state index contributed by atoms with van der Waals surface area (Å²) in [4.78, 5) is 30.4. The largest absolute Gasteiger partial charge is 0.494 e. The van der Waals surface area contributed by atoms with Gasteiger partial charge >= 0.3 is 5.69 Å². The van der Waals surface area contributed by atoms with Gasteiger partial charge in [0, 0.05) is 11.9 Å². The second-order valence-corrected chi connectivity index (χ2v) is 5.06. The molecule has 7 nitrogen and oxygen atoms in total. The molecule has 2 aromatic rings. The molecule has 1 aromatic heterocycles. The molecule has 0 radical (unpaired) electrons. The van der Waals surface area contributed by atoms with Crippen LogP contribution in [0, 0.1) is 13.8 Å². The molecule has 0 aliphatic rings. The van der Waals surface area contributed by atoms with Gasteiger partial charge in [-0.2, -0.15) is 0 Å². The van der Waals surface area contributed by atoms with Crippen molar-refractivity contribution in [2.75, 3.05) is 5.32 Å². The molecule has 4 N–H and O–H groups in total. The molecule has 1 aromatic carbocycles. The number of hydrogen-bond donors (Lipinski definition) is 4. The third-order valence-corrected chi connectivity index (χ3v) is 3.10. The molecule has 22 heavy (non-hydrogen) atoms. The quantitative estimate of drug-likeness (QED) is 0.491. The number of nitrogens with one attached hydrogen (secondary N) is 3. The molecule has 0 spiro atoms. The lowest BCUT2D eigenvalue weighted by Crippen LogP contribution is -2.25. The van der Waals surface area contributed by atoms with Crippen molar-refractivity contribution in [2.24, 2.45) is 4.99 Å². The van der Waals surface area contributed by atoms with E-state index in [-0.39, 0.29) is 10.7 Å². The van der Waals surface area contributed by atoms with Crippen molar-refractivity contribution >= 4 is 29.2 Å². The number of hydrogen-bond acceptors (Lipinski definition) is 4. The Kier molecular flexibility index (Phi) is 4.52. The normalized spacial score (nSPS) is 10.8. The second kappa shape index (κ2) is 6.35. The van der Waals surface area contributed by atoms with Crippen molar-refractivity contribution in [3.05, 3.63) is 55.7 Å². The molecule has 0 aliphatic heterocycles. The minimum absolute atomic E-state index is 0.122. The minimum Gasteiger partial charge on any atom is -0.494 e. The molecule has 0 unspecified atom stereocenters. The molecule has 0 saturated carbocycles. The Bertz CT molecular complexity index is 867. The summed E-state index contributed by atoms with van der Waals surface area (Å²) in [5, 5.41) is 12.6. The zero-order chi connectivity index (χ0) is 16.3. The van der Waals surface area contributed by atoms with E-state index in [1.54, 1.807) is 0 Å². The maximum absolute atomic E-state index is 11.5. The zero-order valence-corrected chi connectivity index (χ0v) is 12.7. The number of aromatic nitrogens is 2. The van der Waals surface area contributed by atoms with Crippen LogP contribution in [0.1, 0.15) is 16.7 Å². The van der Waals surface area contributed by atoms with Crippen LogP contribution in [0.25, 0.3) is 0 Å². The molecular formula is C14H14N4O3S. The Hall–Kier alpha value is -2.74. The average molecular weight is 318 g/mol. The Labute approximate surface area is 130 Å². The van der Waals surface area contributed by atoms with E-state index in [2.05, 4.69) is 15.3 Å². The highest BCUT2D eigenvalue weighted by molar-refractivity contribution is 7.80. The third kappa shape index (κ3) is 3.67. The molecule has 8 heteroatoms. The standard InChI is InChI=1S/C14H14N4O3S/c1-7-3-4-10(8(2)5-7)16-14(22)15-6-9-11(19)17-13(21)18-12(9)20/h3-6H,1-2H3,(H,16,22)(H3,17,18,19,20,21). The van der Waals surface area contributed by atoms with Gasteiger partial charge in [-0.05, 0) is 37.7 Å². The number of anilines is 1. The third-order valence-electron chi connectivity index (χ3n) is 2.89. The fourth-order valence-corrected chi connectivity index (χ4v) is 1.99. The van der Waals surface area contributed by atoms with Crippen LogP contribution in [0.4, 0.5) is 5.69 Å². The molecule has 0 amide bonds. The molecule has 1 heterocycles. The number of aryl methyl sites for hydroxylation is 2. The van der Waals surface area contributed by atoms with Crippen molar-refractivity contribution in [3.63, 3.8) is 0 Å². The van der Waals surface area contributed by atoms with E-state index in [9.17, 15) is 14.7 Å². The number of rotatable bonds is 2. The summed E-state index contributed by atoms with van der Waals surface area (Å²) in [6.07, 6.45) is 1.09. The van der Waals surface area contributed by atoms with E-state index in [1.807, 2.05) is 37.0 Å². The Morgan fingerprint density at radius 3 is 2.68 bits per heavy atom. The van der Waals surface area contributed by atoms with Crippen LogP contribution in [0.15, 0.2) is 32.8 Å². The number of benzene rings is 1. The maximum atomic E-state index is 11.5.